The molecule has 1 aliphatic carbocycles. The first-order chi connectivity index (χ1) is 9.42. The number of likely N-dealkylation sites (N-methyl/N-ethyl adjacent to an activating group) is 1. The average molecular weight is 281 g/mol. The molecule has 1 heterocycles. The Morgan fingerprint density at radius 3 is 2.50 bits per heavy atom. The zero-order chi connectivity index (χ0) is 14.8. The molecule has 2 aliphatic rings. The molecule has 0 aromatic rings. The summed E-state index contributed by atoms with van der Waals surface area (Å²) < 4.78 is 0. The standard InChI is InChI=1S/C17H35N3/c1-5-15-13-20(12-11-19(15)4)17(14-18)8-6-7-16(2,3)9-10-17/h15H,5-14,18H2,1-4H3. The van der Waals surface area contributed by atoms with E-state index in [4.69, 9.17) is 5.73 Å². The van der Waals surface area contributed by atoms with Crippen LogP contribution in [0.15, 0.2) is 0 Å². The molecular formula is C17H35N3. The number of hydrogen-bond donors (Lipinski definition) is 1. The van der Waals surface area contributed by atoms with Crippen LogP contribution in [-0.2, 0) is 0 Å². The molecule has 2 unspecified atom stereocenters. The monoisotopic (exact) mass is 281 g/mol. The van der Waals surface area contributed by atoms with E-state index in [1.165, 1.54) is 58.2 Å². The van der Waals surface area contributed by atoms with Crippen LogP contribution >= 0.6 is 0 Å². The number of hydrogen-bond acceptors (Lipinski definition) is 3. The molecule has 2 atom stereocenters. The van der Waals surface area contributed by atoms with E-state index in [1.807, 2.05) is 0 Å². The quantitative estimate of drug-likeness (QED) is 0.807. The lowest BCUT2D eigenvalue weighted by Gasteiger charge is -2.50. The van der Waals surface area contributed by atoms with E-state index in [-0.39, 0.29) is 5.54 Å². The van der Waals surface area contributed by atoms with E-state index in [1.54, 1.807) is 0 Å². The molecule has 0 aromatic carbocycles. The molecule has 1 saturated heterocycles. The van der Waals surface area contributed by atoms with Crippen molar-refractivity contribution >= 4 is 0 Å². The Balaban J connectivity index is 2.10. The molecule has 3 nitrogen and oxygen atoms in total. The van der Waals surface area contributed by atoms with Crippen LogP contribution in [-0.4, -0.2) is 54.6 Å². The van der Waals surface area contributed by atoms with Gasteiger partial charge in [0.2, 0.25) is 0 Å². The van der Waals surface area contributed by atoms with Crippen molar-refractivity contribution in [2.45, 2.75) is 70.9 Å². The minimum absolute atomic E-state index is 0.280. The summed E-state index contributed by atoms with van der Waals surface area (Å²) in [6.45, 7) is 11.6. The molecule has 0 aromatic heterocycles. The number of piperazine rings is 1. The van der Waals surface area contributed by atoms with Gasteiger partial charge in [0.25, 0.3) is 0 Å². The minimum Gasteiger partial charge on any atom is -0.329 e. The molecule has 1 aliphatic heterocycles. The van der Waals surface area contributed by atoms with Crippen molar-refractivity contribution in [2.24, 2.45) is 11.1 Å². The molecule has 0 bridgehead atoms. The minimum atomic E-state index is 0.280. The van der Waals surface area contributed by atoms with Crippen LogP contribution in [0.2, 0.25) is 0 Å². The predicted octanol–water partition coefficient (Wildman–Crippen LogP) is 2.70. The molecule has 118 valence electrons. The Hall–Kier alpha value is -0.120. The van der Waals surface area contributed by atoms with Crippen molar-refractivity contribution in [1.82, 2.24) is 9.80 Å². The number of nitrogens with zero attached hydrogens (tertiary/aromatic N) is 2. The summed E-state index contributed by atoms with van der Waals surface area (Å²) in [5.74, 6) is 0. The maximum atomic E-state index is 6.29. The van der Waals surface area contributed by atoms with Crippen molar-refractivity contribution in [3.63, 3.8) is 0 Å². The van der Waals surface area contributed by atoms with Crippen LogP contribution in [0.25, 0.3) is 0 Å². The van der Waals surface area contributed by atoms with Gasteiger partial charge in [-0.3, -0.25) is 4.90 Å². The van der Waals surface area contributed by atoms with Gasteiger partial charge in [-0.2, -0.15) is 0 Å². The van der Waals surface area contributed by atoms with Crippen LogP contribution in [0, 0.1) is 5.41 Å². The van der Waals surface area contributed by atoms with Gasteiger partial charge in [-0.25, -0.2) is 0 Å². The third-order valence-corrected chi connectivity index (χ3v) is 6.06. The highest BCUT2D eigenvalue weighted by Gasteiger charge is 2.41. The van der Waals surface area contributed by atoms with Gasteiger partial charge in [0.15, 0.2) is 0 Å². The average Bonchev–Trinajstić information content (AvgIpc) is 2.58. The van der Waals surface area contributed by atoms with Gasteiger partial charge in [0.05, 0.1) is 0 Å². The van der Waals surface area contributed by atoms with Crippen molar-refractivity contribution in [3.05, 3.63) is 0 Å². The van der Waals surface area contributed by atoms with Crippen LogP contribution < -0.4 is 5.73 Å². The lowest BCUT2D eigenvalue weighted by atomic mass is 9.82. The molecule has 0 amide bonds. The highest BCUT2D eigenvalue weighted by molar-refractivity contribution is 4.98. The van der Waals surface area contributed by atoms with Gasteiger partial charge >= 0.3 is 0 Å². The van der Waals surface area contributed by atoms with Crippen LogP contribution in [0.4, 0.5) is 0 Å². The third kappa shape index (κ3) is 3.37. The van der Waals surface area contributed by atoms with Gasteiger partial charge in [-0.05, 0) is 44.6 Å². The van der Waals surface area contributed by atoms with E-state index in [2.05, 4.69) is 37.6 Å². The highest BCUT2D eigenvalue weighted by Crippen LogP contribution is 2.41. The fourth-order valence-electron chi connectivity index (χ4n) is 4.18. The molecule has 2 N–H and O–H groups in total. The van der Waals surface area contributed by atoms with Gasteiger partial charge < -0.3 is 10.6 Å². The van der Waals surface area contributed by atoms with Crippen molar-refractivity contribution in [1.29, 1.82) is 0 Å². The van der Waals surface area contributed by atoms with Crippen molar-refractivity contribution < 1.29 is 0 Å². The Labute approximate surface area is 125 Å². The second-order valence-corrected chi connectivity index (χ2v) is 7.93. The predicted molar refractivity (Wildman–Crippen MR) is 86.9 cm³/mol. The maximum absolute atomic E-state index is 6.29. The second kappa shape index (κ2) is 6.33. The summed E-state index contributed by atoms with van der Waals surface area (Å²) in [4.78, 5) is 5.28. The van der Waals surface area contributed by atoms with E-state index < -0.39 is 0 Å². The first-order valence-corrected chi connectivity index (χ1v) is 8.58. The first-order valence-electron chi connectivity index (χ1n) is 8.58. The smallest absolute Gasteiger partial charge is 0.0333 e. The van der Waals surface area contributed by atoms with Crippen molar-refractivity contribution in [3.8, 4) is 0 Å². The Morgan fingerprint density at radius 2 is 1.85 bits per heavy atom. The maximum Gasteiger partial charge on any atom is 0.0333 e. The van der Waals surface area contributed by atoms with Crippen LogP contribution in [0.3, 0.4) is 0 Å². The zero-order valence-electron chi connectivity index (χ0n) is 14.1. The molecular weight excluding hydrogens is 246 g/mol. The van der Waals surface area contributed by atoms with Crippen LogP contribution in [0.5, 0.6) is 0 Å². The summed E-state index contributed by atoms with van der Waals surface area (Å²) >= 11 is 0. The van der Waals surface area contributed by atoms with Gasteiger partial charge in [0.1, 0.15) is 0 Å². The summed E-state index contributed by atoms with van der Waals surface area (Å²) in [7, 11) is 2.27. The Kier molecular flexibility index (Phi) is 5.14. The number of rotatable bonds is 3. The second-order valence-electron chi connectivity index (χ2n) is 7.93. The van der Waals surface area contributed by atoms with Crippen molar-refractivity contribution in [2.75, 3.05) is 33.2 Å². The van der Waals surface area contributed by atoms with Gasteiger partial charge in [-0.15, -0.1) is 0 Å². The topological polar surface area (TPSA) is 32.5 Å². The summed E-state index contributed by atoms with van der Waals surface area (Å²) in [6.07, 6.45) is 7.86. The van der Waals surface area contributed by atoms with E-state index in [0.717, 1.165) is 6.54 Å². The summed E-state index contributed by atoms with van der Waals surface area (Å²) in [6, 6.07) is 0.712. The SMILES string of the molecule is CCC1CN(C2(CN)CCCC(C)(C)CC2)CCN1C. The van der Waals surface area contributed by atoms with Crippen LogP contribution in [0.1, 0.15) is 59.3 Å². The molecule has 0 radical (unpaired) electrons. The normalized spacial score (nSPS) is 36.8. The first kappa shape index (κ1) is 16.3. The molecule has 3 heteroatoms. The Bertz CT molecular complexity index is 315. The van der Waals surface area contributed by atoms with E-state index >= 15 is 0 Å². The Morgan fingerprint density at radius 1 is 1.10 bits per heavy atom. The third-order valence-electron chi connectivity index (χ3n) is 6.06. The highest BCUT2D eigenvalue weighted by atomic mass is 15.3. The molecule has 2 rings (SSSR count). The van der Waals surface area contributed by atoms with E-state index in [9.17, 15) is 0 Å². The lowest BCUT2D eigenvalue weighted by molar-refractivity contribution is 0.00242. The fourth-order valence-corrected chi connectivity index (χ4v) is 4.18. The summed E-state index contributed by atoms with van der Waals surface area (Å²) in [5, 5.41) is 0. The van der Waals surface area contributed by atoms with Gasteiger partial charge in [-0.1, -0.05) is 27.2 Å². The fraction of sp³-hybridized carbons (Fsp3) is 1.00. The lowest BCUT2D eigenvalue weighted by Crippen LogP contribution is -2.62. The zero-order valence-corrected chi connectivity index (χ0v) is 14.1. The molecule has 2 fully saturated rings. The summed E-state index contributed by atoms with van der Waals surface area (Å²) in [5.41, 5.74) is 7.08. The number of nitrogens with two attached hydrogens (primary N) is 1. The molecule has 0 spiro atoms. The van der Waals surface area contributed by atoms with Gasteiger partial charge in [0, 0.05) is 37.8 Å². The molecule has 1 saturated carbocycles. The molecule has 20 heavy (non-hydrogen) atoms. The van der Waals surface area contributed by atoms with E-state index in [0.29, 0.717) is 11.5 Å². The largest absolute Gasteiger partial charge is 0.329 e.